The summed E-state index contributed by atoms with van der Waals surface area (Å²) in [6, 6.07) is 3.77. The van der Waals surface area contributed by atoms with Gasteiger partial charge in [0.2, 0.25) is 5.91 Å². The highest BCUT2D eigenvalue weighted by Gasteiger charge is 2.19. The van der Waals surface area contributed by atoms with Crippen molar-refractivity contribution in [3.8, 4) is 0 Å². The number of nitrogens with zero attached hydrogens (tertiary/aromatic N) is 1. The van der Waals surface area contributed by atoms with E-state index in [4.69, 9.17) is 4.42 Å². The normalized spacial score (nSPS) is 17.3. The molecule has 1 amide bonds. The van der Waals surface area contributed by atoms with Crippen molar-refractivity contribution < 1.29 is 9.21 Å². The van der Waals surface area contributed by atoms with E-state index in [1.165, 1.54) is 32.5 Å². The Kier molecular flexibility index (Phi) is 6.30. The average molecular weight is 292 g/mol. The highest BCUT2D eigenvalue weighted by molar-refractivity contribution is 5.76. The smallest absolute Gasteiger partial charge is 0.220 e. The number of rotatable bonds is 7. The van der Waals surface area contributed by atoms with Crippen molar-refractivity contribution in [2.75, 3.05) is 26.2 Å². The molecule has 1 aromatic rings. The van der Waals surface area contributed by atoms with Gasteiger partial charge in [0, 0.05) is 25.9 Å². The highest BCUT2D eigenvalue weighted by atomic mass is 16.3. The van der Waals surface area contributed by atoms with Crippen LogP contribution in [0.4, 0.5) is 0 Å². The number of amides is 1. The van der Waals surface area contributed by atoms with Crippen molar-refractivity contribution >= 4 is 5.91 Å². The fourth-order valence-electron chi connectivity index (χ4n) is 2.93. The third-order valence-electron chi connectivity index (χ3n) is 4.10. The van der Waals surface area contributed by atoms with Gasteiger partial charge in [0.1, 0.15) is 5.76 Å². The van der Waals surface area contributed by atoms with E-state index in [2.05, 4.69) is 24.1 Å². The Labute approximate surface area is 127 Å². The maximum atomic E-state index is 11.8. The molecule has 4 nitrogen and oxygen atoms in total. The molecule has 1 aliphatic heterocycles. The van der Waals surface area contributed by atoms with E-state index in [1.54, 1.807) is 6.26 Å². The number of piperidine rings is 1. The molecule has 2 heterocycles. The first-order valence-corrected chi connectivity index (χ1v) is 8.15. The summed E-state index contributed by atoms with van der Waals surface area (Å²) in [6.07, 6.45) is 5.25. The van der Waals surface area contributed by atoms with E-state index in [1.807, 2.05) is 12.1 Å². The van der Waals surface area contributed by atoms with E-state index >= 15 is 0 Å². The third-order valence-corrected chi connectivity index (χ3v) is 4.10. The minimum absolute atomic E-state index is 0.135. The highest BCUT2D eigenvalue weighted by Crippen LogP contribution is 2.17. The van der Waals surface area contributed by atoms with Crippen LogP contribution in [0.15, 0.2) is 22.8 Å². The van der Waals surface area contributed by atoms with Gasteiger partial charge in [0.05, 0.1) is 6.26 Å². The zero-order chi connectivity index (χ0) is 15.1. The lowest BCUT2D eigenvalue weighted by Crippen LogP contribution is -2.40. The molecule has 0 bridgehead atoms. The van der Waals surface area contributed by atoms with E-state index in [-0.39, 0.29) is 5.91 Å². The van der Waals surface area contributed by atoms with Crippen molar-refractivity contribution in [2.45, 2.75) is 39.5 Å². The molecule has 0 unspecified atom stereocenters. The van der Waals surface area contributed by atoms with Gasteiger partial charge >= 0.3 is 0 Å². The van der Waals surface area contributed by atoms with E-state index in [0.29, 0.717) is 18.8 Å². The molecule has 1 fully saturated rings. The van der Waals surface area contributed by atoms with Crippen LogP contribution in [0.3, 0.4) is 0 Å². The fraction of sp³-hybridized carbons (Fsp3) is 0.706. The van der Waals surface area contributed by atoms with Crippen LogP contribution in [-0.2, 0) is 11.2 Å². The van der Waals surface area contributed by atoms with Gasteiger partial charge in [-0.25, -0.2) is 0 Å². The van der Waals surface area contributed by atoms with Crippen molar-refractivity contribution in [3.63, 3.8) is 0 Å². The predicted molar refractivity (Wildman–Crippen MR) is 84.0 cm³/mol. The van der Waals surface area contributed by atoms with Crippen molar-refractivity contribution in [3.05, 3.63) is 24.2 Å². The maximum absolute atomic E-state index is 11.8. The Hall–Kier alpha value is -1.29. The van der Waals surface area contributed by atoms with Gasteiger partial charge in [-0.15, -0.1) is 0 Å². The minimum Gasteiger partial charge on any atom is -0.469 e. The van der Waals surface area contributed by atoms with Crippen LogP contribution in [0.1, 0.15) is 38.9 Å². The molecule has 0 saturated carbocycles. The minimum atomic E-state index is 0.135. The summed E-state index contributed by atoms with van der Waals surface area (Å²) >= 11 is 0. The van der Waals surface area contributed by atoms with Crippen LogP contribution in [-0.4, -0.2) is 37.0 Å². The molecule has 0 aliphatic carbocycles. The van der Waals surface area contributed by atoms with Crippen molar-refractivity contribution in [2.24, 2.45) is 11.8 Å². The number of carbonyl (C=O) groups excluding carboxylic acids is 1. The second kappa shape index (κ2) is 8.23. The summed E-state index contributed by atoms with van der Waals surface area (Å²) in [5.41, 5.74) is 0. The second-order valence-corrected chi connectivity index (χ2v) is 6.52. The molecular weight excluding hydrogens is 264 g/mol. The van der Waals surface area contributed by atoms with Crippen LogP contribution in [0.5, 0.6) is 0 Å². The lowest BCUT2D eigenvalue weighted by molar-refractivity contribution is -0.121. The fourth-order valence-corrected chi connectivity index (χ4v) is 2.93. The Balaban J connectivity index is 1.57. The summed E-state index contributed by atoms with van der Waals surface area (Å²) in [5, 5.41) is 3.07. The number of aryl methyl sites for hydroxylation is 1. The summed E-state index contributed by atoms with van der Waals surface area (Å²) < 4.78 is 5.24. The Bertz CT molecular complexity index is 406. The summed E-state index contributed by atoms with van der Waals surface area (Å²) in [4.78, 5) is 14.4. The maximum Gasteiger partial charge on any atom is 0.220 e. The standard InChI is InChI=1S/C17H28N2O2/c1-14(2)13-19-9-7-15(8-10-19)12-18-17(20)6-5-16-4-3-11-21-16/h3-4,11,14-15H,5-10,12-13H2,1-2H3,(H,18,20). The molecule has 1 aliphatic rings. The monoisotopic (exact) mass is 292 g/mol. The predicted octanol–water partition coefficient (Wildman–Crippen LogP) is 2.70. The van der Waals surface area contributed by atoms with Gasteiger partial charge in [0.15, 0.2) is 0 Å². The molecule has 21 heavy (non-hydrogen) atoms. The topological polar surface area (TPSA) is 45.5 Å². The molecule has 0 atom stereocenters. The number of nitrogens with one attached hydrogen (secondary N) is 1. The quantitative estimate of drug-likeness (QED) is 0.840. The van der Waals surface area contributed by atoms with Crippen LogP contribution in [0, 0.1) is 11.8 Å². The van der Waals surface area contributed by atoms with Gasteiger partial charge in [0.25, 0.3) is 0 Å². The third kappa shape index (κ3) is 5.92. The van der Waals surface area contributed by atoms with Crippen LogP contribution in [0.2, 0.25) is 0 Å². The first-order valence-electron chi connectivity index (χ1n) is 8.15. The molecule has 0 radical (unpaired) electrons. The molecule has 1 N–H and O–H groups in total. The van der Waals surface area contributed by atoms with Gasteiger partial charge in [-0.05, 0) is 49.9 Å². The molecule has 1 saturated heterocycles. The first-order chi connectivity index (χ1) is 10.1. The number of hydrogen-bond donors (Lipinski definition) is 1. The van der Waals surface area contributed by atoms with E-state index < -0.39 is 0 Å². The van der Waals surface area contributed by atoms with Gasteiger partial charge in [-0.1, -0.05) is 13.8 Å². The molecule has 1 aromatic heterocycles. The van der Waals surface area contributed by atoms with E-state index in [0.717, 1.165) is 18.2 Å². The number of likely N-dealkylation sites (tertiary alicyclic amines) is 1. The summed E-state index contributed by atoms with van der Waals surface area (Å²) in [6.45, 7) is 8.90. The largest absolute Gasteiger partial charge is 0.469 e. The van der Waals surface area contributed by atoms with Crippen molar-refractivity contribution in [1.29, 1.82) is 0 Å². The Morgan fingerprint density at radius 2 is 2.19 bits per heavy atom. The van der Waals surface area contributed by atoms with Gasteiger partial charge in [-0.3, -0.25) is 4.79 Å². The van der Waals surface area contributed by atoms with Crippen LogP contribution < -0.4 is 5.32 Å². The van der Waals surface area contributed by atoms with Crippen molar-refractivity contribution in [1.82, 2.24) is 10.2 Å². The summed E-state index contributed by atoms with van der Waals surface area (Å²) in [7, 11) is 0. The molecule has 118 valence electrons. The molecule has 2 rings (SSSR count). The number of hydrogen-bond acceptors (Lipinski definition) is 3. The Morgan fingerprint density at radius 3 is 2.81 bits per heavy atom. The first kappa shape index (κ1) is 16.1. The van der Waals surface area contributed by atoms with Crippen LogP contribution in [0.25, 0.3) is 0 Å². The lowest BCUT2D eigenvalue weighted by Gasteiger charge is -2.33. The zero-order valence-electron chi connectivity index (χ0n) is 13.3. The molecule has 4 heteroatoms. The number of carbonyl (C=O) groups is 1. The molecular formula is C17H28N2O2. The second-order valence-electron chi connectivity index (χ2n) is 6.52. The molecule has 0 aromatic carbocycles. The van der Waals surface area contributed by atoms with Gasteiger partial charge in [-0.2, -0.15) is 0 Å². The zero-order valence-corrected chi connectivity index (χ0v) is 13.3. The van der Waals surface area contributed by atoms with Gasteiger partial charge < -0.3 is 14.6 Å². The number of furan rings is 1. The summed E-state index contributed by atoms with van der Waals surface area (Å²) in [5.74, 6) is 2.40. The van der Waals surface area contributed by atoms with Crippen LogP contribution >= 0.6 is 0 Å². The molecule has 0 spiro atoms. The SMILES string of the molecule is CC(C)CN1CCC(CNC(=O)CCc2ccco2)CC1. The average Bonchev–Trinajstić information content (AvgIpc) is 2.97. The van der Waals surface area contributed by atoms with E-state index in [9.17, 15) is 4.79 Å². The lowest BCUT2D eigenvalue weighted by atomic mass is 9.96. The Morgan fingerprint density at radius 1 is 1.43 bits per heavy atom.